The molecular weight excluding hydrogens is 643 g/mol. The lowest BCUT2D eigenvalue weighted by molar-refractivity contribution is -0.0716. The summed E-state index contributed by atoms with van der Waals surface area (Å²) in [6.45, 7) is 5.52. The van der Waals surface area contributed by atoms with Crippen molar-refractivity contribution in [3.8, 4) is 17.6 Å². The molecule has 0 radical (unpaired) electrons. The number of nitriles is 1. The fraction of sp³-hybridized carbons (Fsp3) is 0.412. The predicted octanol–water partition coefficient (Wildman–Crippen LogP) is 5.86. The van der Waals surface area contributed by atoms with E-state index in [-0.39, 0.29) is 23.1 Å². The number of fused-ring (bicyclic) bond motifs is 3. The van der Waals surface area contributed by atoms with Crippen LogP contribution in [0.5, 0.6) is 11.5 Å². The van der Waals surface area contributed by atoms with Crippen LogP contribution in [0, 0.1) is 16.7 Å². The van der Waals surface area contributed by atoms with E-state index in [2.05, 4.69) is 31.5 Å². The van der Waals surface area contributed by atoms with Crippen molar-refractivity contribution in [2.45, 2.75) is 57.1 Å². The van der Waals surface area contributed by atoms with Crippen LogP contribution in [0.25, 0.3) is 11.0 Å². The van der Waals surface area contributed by atoms with Gasteiger partial charge < -0.3 is 28.8 Å². The van der Waals surface area contributed by atoms with Gasteiger partial charge in [0, 0.05) is 44.6 Å². The maximum Gasteiger partial charge on any atom is 0.335 e. The number of aromatic nitrogens is 3. The number of imidazole rings is 1. The Hall–Kier alpha value is -4.08. The second kappa shape index (κ2) is 11.3. The third kappa shape index (κ3) is 5.24. The number of carboxylic acid groups (broad SMARTS) is 1. The molecule has 8 rings (SSSR count). The van der Waals surface area contributed by atoms with Crippen molar-refractivity contribution in [1.29, 1.82) is 5.26 Å². The number of anilines is 1. The van der Waals surface area contributed by atoms with Gasteiger partial charge in [-0.25, -0.2) is 9.78 Å². The summed E-state index contributed by atoms with van der Waals surface area (Å²) in [7, 11) is 0. The Morgan fingerprint density at radius 2 is 1.96 bits per heavy atom. The summed E-state index contributed by atoms with van der Waals surface area (Å²) >= 11 is 12.7. The molecule has 3 aliphatic heterocycles. The molecule has 3 fully saturated rings. The van der Waals surface area contributed by atoms with E-state index in [9.17, 15) is 15.2 Å². The van der Waals surface area contributed by atoms with Gasteiger partial charge in [-0.3, -0.25) is 9.88 Å². The molecule has 5 heterocycles. The zero-order chi connectivity index (χ0) is 32.5. The summed E-state index contributed by atoms with van der Waals surface area (Å²) in [5.74, 6) is -0.0193. The van der Waals surface area contributed by atoms with Crippen molar-refractivity contribution in [3.63, 3.8) is 0 Å². The number of ether oxygens (including phenoxy) is 3. The van der Waals surface area contributed by atoms with Gasteiger partial charge in [0.2, 0.25) is 0 Å². The lowest BCUT2D eigenvalue weighted by Crippen LogP contribution is -2.59. The number of hydrogen-bond acceptors (Lipinski definition) is 9. The lowest BCUT2D eigenvalue weighted by atomic mass is 10.0. The summed E-state index contributed by atoms with van der Waals surface area (Å²) in [6.07, 6.45) is 3.92. The monoisotopic (exact) mass is 674 g/mol. The molecule has 1 N–H and O–H groups in total. The van der Waals surface area contributed by atoms with Crippen LogP contribution in [0.3, 0.4) is 0 Å². The lowest BCUT2D eigenvalue weighted by Gasteiger charge is -2.44. The van der Waals surface area contributed by atoms with Crippen LogP contribution in [0.1, 0.15) is 48.1 Å². The minimum atomic E-state index is -1.10. The number of carbonyl (C=O) groups is 1. The highest BCUT2D eigenvalue weighted by atomic mass is 35.5. The van der Waals surface area contributed by atoms with E-state index >= 15 is 0 Å². The molecule has 0 bridgehead atoms. The molecule has 0 unspecified atom stereocenters. The highest BCUT2D eigenvalue weighted by molar-refractivity contribution is 6.35. The van der Waals surface area contributed by atoms with Crippen molar-refractivity contribution >= 4 is 45.9 Å². The number of para-hydroxylation sites is 1. The number of pyridine rings is 1. The first-order valence-corrected chi connectivity index (χ1v) is 16.4. The molecule has 3 atom stereocenters. The normalized spacial score (nSPS) is 24.3. The maximum absolute atomic E-state index is 11.9. The first kappa shape index (κ1) is 30.3. The van der Waals surface area contributed by atoms with Crippen molar-refractivity contribution in [1.82, 2.24) is 19.4 Å². The second-order valence-corrected chi connectivity index (χ2v) is 13.9. The Labute approximate surface area is 281 Å². The number of halogens is 2. The van der Waals surface area contributed by atoms with Gasteiger partial charge in [0.25, 0.3) is 5.79 Å². The van der Waals surface area contributed by atoms with Crippen molar-refractivity contribution in [2.24, 2.45) is 5.41 Å². The van der Waals surface area contributed by atoms with E-state index in [4.69, 9.17) is 42.4 Å². The number of nitrogens with zero attached hydrogens (tertiary/aromatic N) is 6. The first-order valence-electron chi connectivity index (χ1n) is 15.7. The molecule has 2 saturated heterocycles. The molecule has 11 nitrogen and oxygen atoms in total. The molecule has 4 aliphatic rings. The quantitative estimate of drug-likeness (QED) is 0.243. The van der Waals surface area contributed by atoms with Gasteiger partial charge in [0.05, 0.1) is 64.7 Å². The maximum atomic E-state index is 11.9. The summed E-state index contributed by atoms with van der Waals surface area (Å²) in [5, 5.41) is 20.1. The Bertz CT molecular complexity index is 1940. The van der Waals surface area contributed by atoms with Crippen LogP contribution in [0.2, 0.25) is 10.0 Å². The molecule has 4 aromatic rings. The van der Waals surface area contributed by atoms with Gasteiger partial charge in [-0.1, -0.05) is 29.3 Å². The van der Waals surface area contributed by atoms with Crippen molar-refractivity contribution in [3.05, 3.63) is 75.8 Å². The van der Waals surface area contributed by atoms with E-state index in [1.165, 1.54) is 6.07 Å². The SMILES string of the molecule is C[C@]1(c2ccc(Cl)cn2)Oc2cccc(N3CCN(Cc4nc5c(Cl)cc(C(=O)O)cc5n4CC4(CC#N)CC4)[C@@H]4COC[C@@H]43)c2O1. The van der Waals surface area contributed by atoms with E-state index in [0.717, 1.165) is 30.9 Å². The standard InChI is InChI=1S/C34H32Cl2N6O5/c1-33(28-6-5-21(35)15-38-28)46-27-4-2-3-23(31(27)47-33)41-12-11-40(25-17-45-18-26(25)41)16-29-39-30-22(36)13-20(32(43)44)14-24(30)42(29)19-34(7-8-34)9-10-37/h2-6,13-15,25-26H,7-9,11-12,16-19H2,1H3,(H,43,44)/t25-,26+,33+/m1/s1. The molecule has 0 spiro atoms. The number of piperazine rings is 1. The van der Waals surface area contributed by atoms with Crippen molar-refractivity contribution < 1.29 is 24.1 Å². The zero-order valence-corrected chi connectivity index (χ0v) is 27.2. The van der Waals surface area contributed by atoms with Gasteiger partial charge in [-0.05, 0) is 49.2 Å². The molecule has 2 aromatic heterocycles. The second-order valence-electron chi connectivity index (χ2n) is 13.0. The van der Waals surface area contributed by atoms with Gasteiger partial charge in [0.1, 0.15) is 17.0 Å². The van der Waals surface area contributed by atoms with Crippen LogP contribution in [0.4, 0.5) is 5.69 Å². The van der Waals surface area contributed by atoms with Gasteiger partial charge in [-0.15, -0.1) is 0 Å². The smallest absolute Gasteiger partial charge is 0.335 e. The van der Waals surface area contributed by atoms with Crippen LogP contribution in [-0.2, 0) is 23.6 Å². The summed E-state index contributed by atoms with van der Waals surface area (Å²) in [4.78, 5) is 26.1. The minimum Gasteiger partial charge on any atom is -0.478 e. The Morgan fingerprint density at radius 3 is 2.70 bits per heavy atom. The average molecular weight is 676 g/mol. The molecule has 2 aromatic carbocycles. The Morgan fingerprint density at radius 1 is 1.13 bits per heavy atom. The van der Waals surface area contributed by atoms with Crippen molar-refractivity contribution in [2.75, 3.05) is 31.2 Å². The van der Waals surface area contributed by atoms with Gasteiger partial charge in [-0.2, -0.15) is 5.26 Å². The van der Waals surface area contributed by atoms with Crippen LogP contribution in [-0.4, -0.2) is 68.9 Å². The molecule has 47 heavy (non-hydrogen) atoms. The van der Waals surface area contributed by atoms with E-state index in [0.29, 0.717) is 77.5 Å². The Kier molecular flexibility index (Phi) is 7.26. The number of rotatable bonds is 8. The summed E-state index contributed by atoms with van der Waals surface area (Å²) < 4.78 is 21.0. The first-order chi connectivity index (χ1) is 22.7. The van der Waals surface area contributed by atoms with Crippen LogP contribution < -0.4 is 14.4 Å². The number of benzene rings is 2. The molecular formula is C34H32Cl2N6O5. The van der Waals surface area contributed by atoms with E-state index < -0.39 is 11.8 Å². The molecule has 1 aliphatic carbocycles. The van der Waals surface area contributed by atoms with Gasteiger partial charge in [0.15, 0.2) is 11.5 Å². The summed E-state index contributed by atoms with van der Waals surface area (Å²) in [6, 6.07) is 15.1. The largest absolute Gasteiger partial charge is 0.478 e. The topological polar surface area (TPSA) is 126 Å². The Balaban J connectivity index is 1.09. The third-order valence-electron chi connectivity index (χ3n) is 9.96. The fourth-order valence-corrected chi connectivity index (χ4v) is 7.60. The molecule has 13 heteroatoms. The molecule has 242 valence electrons. The third-order valence-corrected chi connectivity index (χ3v) is 10.5. The highest BCUT2D eigenvalue weighted by Crippen LogP contribution is 2.52. The molecule has 1 saturated carbocycles. The van der Waals surface area contributed by atoms with Crippen LogP contribution in [0.15, 0.2) is 48.7 Å². The van der Waals surface area contributed by atoms with E-state index in [1.807, 2.05) is 25.1 Å². The van der Waals surface area contributed by atoms with Crippen LogP contribution >= 0.6 is 23.2 Å². The van der Waals surface area contributed by atoms with Gasteiger partial charge >= 0.3 is 5.97 Å². The predicted molar refractivity (Wildman–Crippen MR) is 174 cm³/mol. The molecule has 0 amide bonds. The average Bonchev–Trinajstić information content (AvgIpc) is 3.34. The fourth-order valence-electron chi connectivity index (χ4n) is 7.23. The van der Waals surface area contributed by atoms with E-state index in [1.54, 1.807) is 18.3 Å². The zero-order valence-electron chi connectivity index (χ0n) is 25.7. The highest BCUT2D eigenvalue weighted by Gasteiger charge is 2.47. The number of aromatic carboxylic acids is 1. The number of hydrogen-bond donors (Lipinski definition) is 1. The minimum absolute atomic E-state index is 0.0488. The number of carboxylic acids is 1. The summed E-state index contributed by atoms with van der Waals surface area (Å²) in [5.41, 5.74) is 2.80.